The monoisotopic (exact) mass is 895 g/mol. The molecule has 0 aliphatic heterocycles. The van der Waals surface area contributed by atoms with Crippen LogP contribution in [0.15, 0.2) is 54.7 Å². The van der Waals surface area contributed by atoms with Gasteiger partial charge >= 0.3 is 5.95 Å². The van der Waals surface area contributed by atoms with Gasteiger partial charge in [-0.15, -0.1) is 26.2 Å². The third kappa shape index (κ3) is 7.19. The summed E-state index contributed by atoms with van der Waals surface area (Å²) >= 11 is 0. The van der Waals surface area contributed by atoms with E-state index in [-0.39, 0.29) is 12.3 Å². The lowest BCUT2D eigenvalue weighted by molar-refractivity contribution is -0.711. The van der Waals surface area contributed by atoms with Crippen LogP contribution in [0.4, 0.5) is 92.2 Å². The fourth-order valence-corrected chi connectivity index (χ4v) is 6.33. The summed E-state index contributed by atoms with van der Waals surface area (Å²) in [5.74, 6) is -71.9. The Bertz CT molecular complexity index is 2380. The number of rotatable bonds is 7. The van der Waals surface area contributed by atoms with Gasteiger partial charge in [0.05, 0.1) is 0 Å². The summed E-state index contributed by atoms with van der Waals surface area (Å²) in [6.07, 6.45) is -5.67. The van der Waals surface area contributed by atoms with Crippen LogP contribution in [0, 0.1) is 122 Å². The molecule has 1 heterocycles. The van der Waals surface area contributed by atoms with Crippen molar-refractivity contribution >= 4 is 33.8 Å². The molecule has 0 spiro atoms. The van der Waals surface area contributed by atoms with Crippen molar-refractivity contribution in [3.05, 3.63) is 183 Å². The highest BCUT2D eigenvalue weighted by Crippen LogP contribution is 2.30. The third-order valence-electron chi connectivity index (χ3n) is 9.00. The molecule has 1 aromatic heterocycles. The Balaban J connectivity index is 0.000000366. The van der Waals surface area contributed by atoms with Crippen LogP contribution in [0.2, 0.25) is 0 Å². The molecule has 2 nitrogen and oxygen atoms in total. The second-order valence-corrected chi connectivity index (χ2v) is 12.2. The molecule has 24 heteroatoms. The van der Waals surface area contributed by atoms with Gasteiger partial charge in [-0.25, -0.2) is 87.8 Å². The van der Waals surface area contributed by atoms with Crippen molar-refractivity contribution in [3.8, 4) is 0 Å². The summed E-state index contributed by atoms with van der Waals surface area (Å²) in [5.41, 5.74) is -13.7. The number of aromatic nitrogens is 1. The lowest BCUT2D eigenvalue weighted by Gasteiger charge is -2.44. The van der Waals surface area contributed by atoms with Crippen LogP contribution in [0.5, 0.6) is 0 Å². The van der Waals surface area contributed by atoms with E-state index >= 15 is 35.1 Å². The van der Waals surface area contributed by atoms with E-state index in [0.29, 0.717) is 5.56 Å². The Morgan fingerprint density at radius 2 is 0.590 bits per heavy atom. The molecule has 0 saturated heterocycles. The first-order valence-electron chi connectivity index (χ1n) is 15.9. The molecule has 0 atom stereocenters. The van der Waals surface area contributed by atoms with Gasteiger partial charge < -0.3 is 0 Å². The number of halogens is 21. The van der Waals surface area contributed by atoms with Gasteiger partial charge in [-0.1, -0.05) is 30.3 Å². The number of hydrogen-bond acceptors (Lipinski definition) is 1. The highest BCUT2D eigenvalue weighted by molar-refractivity contribution is 7.20. The number of carbonyl (C=O) groups is 1. The number of nitrogens with zero attached hydrogens (tertiary/aromatic N) is 1. The minimum Gasteiger partial charge on any atom is -0.287 e. The van der Waals surface area contributed by atoms with Gasteiger partial charge in [0, 0.05) is 17.7 Å². The largest absolute Gasteiger partial charge is 0.359 e. The summed E-state index contributed by atoms with van der Waals surface area (Å²) in [4.78, 5) is 11.8. The average molecular weight is 895 g/mol. The fourth-order valence-electron chi connectivity index (χ4n) is 6.33. The number of ketones is 1. The zero-order valence-corrected chi connectivity index (χ0v) is 28.8. The predicted octanol–water partition coefficient (Wildman–Crippen LogP) is 7.84. The van der Waals surface area contributed by atoms with E-state index in [4.69, 9.17) is 0 Å². The van der Waals surface area contributed by atoms with Crippen LogP contribution in [0.25, 0.3) is 0 Å². The maximum atomic E-state index is 15.4. The number of pyridine rings is 1. The zero-order valence-electron chi connectivity index (χ0n) is 28.8. The first-order valence-corrected chi connectivity index (χ1v) is 15.9. The molecule has 0 bridgehead atoms. The second kappa shape index (κ2) is 16.9. The number of Topliss-reactive ketones (excluding diaryl/α,β-unsaturated/α-hetero) is 1. The first-order chi connectivity index (χ1) is 28.5. The van der Waals surface area contributed by atoms with Crippen molar-refractivity contribution in [3.63, 3.8) is 0 Å². The Morgan fingerprint density at radius 3 is 0.852 bits per heavy atom. The molecule has 320 valence electrons. The predicted molar refractivity (Wildman–Crippen MR) is 167 cm³/mol. The number of hydrogen-bond donors (Lipinski definition) is 0. The maximum Gasteiger partial charge on any atom is 0.359 e. The van der Waals surface area contributed by atoms with E-state index in [0.717, 1.165) is 0 Å². The Morgan fingerprint density at radius 1 is 0.344 bits per heavy atom. The Labute approximate surface area is 324 Å². The topological polar surface area (TPSA) is 20.9 Å². The van der Waals surface area contributed by atoms with Crippen LogP contribution >= 0.6 is 0 Å². The molecule has 0 aliphatic rings. The standard InChI is InChI=1S/C24BF20.C13H11FNO/c26-5-1(6(27)14(35)21(42)13(5)34)25(2-7(28)15(36)22(43)16(37)8(2)29,3-9(30)17(38)23(44)18(39)10(3)31)4-11(32)19(40)24(45)20(41)12(4)33;14-13-8-4-5-9-15(13)10-12(16)11-6-2-1-3-7-11/h;1-9H,10H2/q-1;+1. The van der Waals surface area contributed by atoms with Gasteiger partial charge in [0.2, 0.25) is 12.3 Å². The summed E-state index contributed by atoms with van der Waals surface area (Å²) in [7, 11) is 0. The minimum atomic E-state index is -7.22. The quantitative estimate of drug-likeness (QED) is 0.0305. The van der Waals surface area contributed by atoms with Crippen LogP contribution in [-0.4, -0.2) is 11.9 Å². The van der Waals surface area contributed by atoms with Gasteiger partial charge in [-0.3, -0.25) is 4.79 Å². The van der Waals surface area contributed by atoms with E-state index < -0.39 is 150 Å². The highest BCUT2D eigenvalue weighted by atomic mass is 19.2. The average Bonchev–Trinajstić information content (AvgIpc) is 3.24. The van der Waals surface area contributed by atoms with Gasteiger partial charge in [-0.05, 0) is 6.07 Å². The smallest absolute Gasteiger partial charge is 0.287 e. The third-order valence-corrected chi connectivity index (χ3v) is 9.00. The molecule has 0 radical (unpaired) electrons. The van der Waals surface area contributed by atoms with Crippen molar-refractivity contribution in [2.24, 2.45) is 0 Å². The van der Waals surface area contributed by atoms with Crippen LogP contribution in [-0.2, 0) is 6.54 Å². The van der Waals surface area contributed by atoms with Gasteiger partial charge in [0.25, 0.3) is 0 Å². The van der Waals surface area contributed by atoms with Crippen LogP contribution < -0.4 is 26.4 Å². The number of benzene rings is 5. The summed E-state index contributed by atoms with van der Waals surface area (Å²) in [6.45, 7) is 0.0245. The second-order valence-electron chi connectivity index (χ2n) is 12.2. The normalized spacial score (nSPS) is 11.5. The fraction of sp³-hybridized carbons (Fsp3) is 0.0270. The van der Waals surface area contributed by atoms with Crippen molar-refractivity contribution in [1.82, 2.24) is 0 Å². The van der Waals surface area contributed by atoms with Crippen molar-refractivity contribution in [1.29, 1.82) is 0 Å². The molecule has 0 saturated carbocycles. The molecule has 0 N–H and O–H groups in total. The van der Waals surface area contributed by atoms with Gasteiger partial charge in [0.1, 0.15) is 52.7 Å². The summed E-state index contributed by atoms with van der Waals surface area (Å²) in [5, 5.41) is 0. The van der Waals surface area contributed by atoms with E-state index in [1.165, 1.54) is 10.6 Å². The molecular weight excluding hydrogens is 884 g/mol. The molecule has 6 rings (SSSR count). The molecule has 0 unspecified atom stereocenters. The van der Waals surface area contributed by atoms with Crippen molar-refractivity contribution in [2.45, 2.75) is 6.54 Å². The lowest BCUT2D eigenvalue weighted by atomic mass is 9.12. The molecule has 0 amide bonds. The van der Waals surface area contributed by atoms with E-state index in [1.54, 1.807) is 42.6 Å². The molecule has 0 fully saturated rings. The molecule has 6 aromatic rings. The van der Waals surface area contributed by atoms with E-state index in [9.17, 15) is 61.9 Å². The van der Waals surface area contributed by atoms with Crippen LogP contribution in [0.1, 0.15) is 10.4 Å². The molecule has 0 aliphatic carbocycles. The van der Waals surface area contributed by atoms with Gasteiger partial charge in [-0.2, -0.15) is 4.57 Å². The van der Waals surface area contributed by atoms with E-state index in [2.05, 4.69) is 0 Å². The Kier molecular flexibility index (Phi) is 12.6. The van der Waals surface area contributed by atoms with Crippen LogP contribution in [0.3, 0.4) is 0 Å². The minimum absolute atomic E-state index is 0.0245. The molecular formula is C37H11BF21NO. The van der Waals surface area contributed by atoms with E-state index in [1.807, 2.05) is 6.07 Å². The maximum absolute atomic E-state index is 15.4. The van der Waals surface area contributed by atoms with Crippen molar-refractivity contribution < 1.29 is 102 Å². The first kappa shape index (κ1) is 45.6. The highest BCUT2D eigenvalue weighted by Gasteiger charge is 2.52. The van der Waals surface area contributed by atoms with Crippen molar-refractivity contribution in [2.75, 3.05) is 0 Å². The zero-order chi connectivity index (χ0) is 45.7. The Hall–Kier alpha value is -6.49. The summed E-state index contributed by atoms with van der Waals surface area (Å²) in [6, 6.07) is 13.5. The number of carbonyl (C=O) groups excluding carboxylic acids is 1. The summed E-state index contributed by atoms with van der Waals surface area (Å²) < 4.78 is 309. The molecule has 5 aromatic carbocycles. The van der Waals surface area contributed by atoms with Gasteiger partial charge in [0.15, 0.2) is 76.0 Å². The molecule has 61 heavy (non-hydrogen) atoms. The lowest BCUT2D eigenvalue weighted by Crippen LogP contribution is -2.81. The SMILES string of the molecule is Fc1c(F)c(F)c([B-](c2c(F)c(F)c(F)c(F)c2F)(c2c(F)c(F)c(F)c(F)c2F)c2c(F)c(F)c(F)c(F)c2F)c(F)c1F.O=C(C[n+]1ccccc1F)c1ccccc1.